The van der Waals surface area contributed by atoms with Crippen molar-refractivity contribution in [2.24, 2.45) is 32.9 Å². The highest BCUT2D eigenvalue weighted by atomic mass is 16.3. The molecule has 298 valence electrons. The minimum atomic E-state index is -1.17. The van der Waals surface area contributed by atoms with Crippen molar-refractivity contribution in [1.82, 2.24) is 26.2 Å². The van der Waals surface area contributed by atoms with E-state index in [2.05, 4.69) is 31.3 Å². The van der Waals surface area contributed by atoms with Crippen molar-refractivity contribution in [3.63, 3.8) is 0 Å². The average molecular weight is 770 g/mol. The number of guanidine groups is 2. The first kappa shape index (κ1) is 40.8. The smallest absolute Gasteiger partial charge is 0.246 e. The maximum atomic E-state index is 14.5. The van der Waals surface area contributed by atoms with Gasteiger partial charge >= 0.3 is 0 Å². The van der Waals surface area contributed by atoms with E-state index in [1.54, 1.807) is 12.1 Å². The number of aromatic hydroxyl groups is 1. The first-order valence-corrected chi connectivity index (χ1v) is 18.8. The second-order valence-electron chi connectivity index (χ2n) is 14.1. The Labute approximate surface area is 324 Å². The van der Waals surface area contributed by atoms with Gasteiger partial charge in [0.25, 0.3) is 0 Å². The molecule has 13 N–H and O–H groups in total. The summed E-state index contributed by atoms with van der Waals surface area (Å²) in [6.45, 7) is 0.586. The minimum Gasteiger partial charge on any atom is -0.508 e. The highest BCUT2D eigenvalue weighted by molar-refractivity contribution is 5.98. The Morgan fingerprint density at radius 2 is 1.16 bits per heavy atom. The molecule has 2 aliphatic rings. The van der Waals surface area contributed by atoms with E-state index in [-0.39, 0.29) is 69.4 Å². The summed E-state index contributed by atoms with van der Waals surface area (Å²) in [7, 11) is 0. The van der Waals surface area contributed by atoms with Crippen LogP contribution in [0.15, 0.2) is 76.7 Å². The summed E-state index contributed by atoms with van der Waals surface area (Å²) in [5.41, 5.74) is 23.4. The van der Waals surface area contributed by atoms with E-state index in [9.17, 15) is 29.1 Å². The van der Waals surface area contributed by atoms with Gasteiger partial charge in [-0.25, -0.2) is 0 Å². The number of fused-ring (bicyclic) bond motifs is 2. The van der Waals surface area contributed by atoms with E-state index in [1.807, 2.05) is 42.5 Å². The van der Waals surface area contributed by atoms with Gasteiger partial charge in [-0.3, -0.25) is 34.0 Å². The van der Waals surface area contributed by atoms with Gasteiger partial charge in [-0.15, -0.1) is 0 Å². The summed E-state index contributed by atoms with van der Waals surface area (Å²) in [4.78, 5) is 80.4. The van der Waals surface area contributed by atoms with Crippen LogP contribution < -0.4 is 44.2 Å². The molecule has 5 amide bonds. The number of phenolic OH excluding ortho intramolecular Hbond substituents is 1. The molecule has 0 radical (unpaired) electrons. The lowest BCUT2D eigenvalue weighted by atomic mass is 9.99. The lowest BCUT2D eigenvalue weighted by Crippen LogP contribution is -2.58. The number of nitrogens with one attached hydrogen (secondary N) is 4. The summed E-state index contributed by atoms with van der Waals surface area (Å²) in [5, 5.41) is 23.1. The van der Waals surface area contributed by atoms with E-state index in [4.69, 9.17) is 22.9 Å². The molecule has 56 heavy (non-hydrogen) atoms. The van der Waals surface area contributed by atoms with Crippen LogP contribution in [0.2, 0.25) is 0 Å². The van der Waals surface area contributed by atoms with Gasteiger partial charge in [0.15, 0.2) is 11.9 Å². The Morgan fingerprint density at radius 1 is 0.643 bits per heavy atom. The molecule has 3 aromatic rings. The highest BCUT2D eigenvalue weighted by Crippen LogP contribution is 2.23. The van der Waals surface area contributed by atoms with Crippen LogP contribution in [0.5, 0.6) is 5.75 Å². The van der Waals surface area contributed by atoms with Crippen LogP contribution in [-0.2, 0) is 36.8 Å². The maximum absolute atomic E-state index is 14.5. The Hall–Kier alpha value is -6.39. The van der Waals surface area contributed by atoms with E-state index in [1.165, 1.54) is 17.0 Å². The molecule has 2 heterocycles. The maximum Gasteiger partial charge on any atom is 0.246 e. The Bertz CT molecular complexity index is 1940. The van der Waals surface area contributed by atoms with Crippen LogP contribution in [0.25, 0.3) is 10.8 Å². The van der Waals surface area contributed by atoms with Crippen LogP contribution in [0.1, 0.15) is 49.7 Å². The van der Waals surface area contributed by atoms with Crippen molar-refractivity contribution < 1.29 is 29.1 Å². The van der Waals surface area contributed by atoms with Crippen molar-refractivity contribution >= 4 is 52.2 Å². The molecule has 2 saturated heterocycles. The molecular formula is C39H51N11O6. The molecule has 0 aromatic heterocycles. The molecule has 2 aliphatic heterocycles. The van der Waals surface area contributed by atoms with Crippen LogP contribution in [-0.4, -0.2) is 101 Å². The van der Waals surface area contributed by atoms with Crippen LogP contribution in [0, 0.1) is 0 Å². The predicted molar refractivity (Wildman–Crippen MR) is 212 cm³/mol. The largest absolute Gasteiger partial charge is 0.508 e. The first-order valence-electron chi connectivity index (χ1n) is 18.8. The number of hydrogen-bond donors (Lipinski definition) is 9. The Balaban J connectivity index is 1.53. The van der Waals surface area contributed by atoms with E-state index < -0.39 is 59.7 Å². The van der Waals surface area contributed by atoms with Gasteiger partial charge < -0.3 is 54.2 Å². The number of amides is 5. The summed E-state index contributed by atoms with van der Waals surface area (Å²) in [5.74, 6) is -3.23. The number of carbonyl (C=O) groups excluding carboxylic acids is 5. The zero-order valence-corrected chi connectivity index (χ0v) is 31.2. The number of nitrogens with zero attached hydrogens (tertiary/aromatic N) is 3. The fourth-order valence-electron chi connectivity index (χ4n) is 7.01. The van der Waals surface area contributed by atoms with Crippen LogP contribution >= 0.6 is 0 Å². The molecule has 5 rings (SSSR count). The zero-order valence-electron chi connectivity index (χ0n) is 31.2. The van der Waals surface area contributed by atoms with Gasteiger partial charge in [0.05, 0.1) is 0 Å². The molecule has 0 bridgehead atoms. The molecule has 5 atom stereocenters. The van der Waals surface area contributed by atoms with Crippen molar-refractivity contribution in [2.45, 2.75) is 81.6 Å². The van der Waals surface area contributed by atoms with E-state index in [0.29, 0.717) is 24.8 Å². The number of hydrogen-bond acceptors (Lipinski definition) is 8. The molecule has 0 unspecified atom stereocenters. The zero-order chi connectivity index (χ0) is 40.2. The van der Waals surface area contributed by atoms with Gasteiger partial charge in [-0.05, 0) is 72.6 Å². The SMILES string of the molecule is NC(N)=NCCC[C@@H]1NC(=O)[C@H](CCCN=C(N)N)NC(=O)[C@@H](Cc2ccc(O)cc2)NC(=O)[C@@H]2CCCN2C(=O)[C@H](Cc2ccc3ccccc3c2)NC1=O. The second-order valence-corrected chi connectivity index (χ2v) is 14.1. The third kappa shape index (κ3) is 11.3. The van der Waals surface area contributed by atoms with Gasteiger partial charge in [0.1, 0.15) is 36.0 Å². The van der Waals surface area contributed by atoms with Gasteiger partial charge in [0.2, 0.25) is 29.5 Å². The fraction of sp³-hybridized carbons (Fsp3) is 0.410. The number of aliphatic imine (C=N–C) groups is 2. The van der Waals surface area contributed by atoms with Crippen molar-refractivity contribution in [3.05, 3.63) is 77.9 Å². The third-order valence-corrected chi connectivity index (χ3v) is 9.87. The van der Waals surface area contributed by atoms with Crippen LogP contribution in [0.3, 0.4) is 0 Å². The van der Waals surface area contributed by atoms with Gasteiger partial charge in [-0.2, -0.15) is 0 Å². The van der Waals surface area contributed by atoms with Crippen LogP contribution in [0.4, 0.5) is 0 Å². The summed E-state index contributed by atoms with van der Waals surface area (Å²) >= 11 is 0. The first-order chi connectivity index (χ1) is 26.9. The quantitative estimate of drug-likeness (QED) is 0.0640. The molecular weight excluding hydrogens is 718 g/mol. The Kier molecular flexibility index (Phi) is 14.0. The standard InChI is InChI=1S/C39H51N11O6/c40-38(41)44-17-3-8-28-33(52)46-29(9-4-18-45-39(42)43)34(53)49-31(22-24-11-14-25-6-1-2-7-26(25)20-24)37(56)50-19-5-10-32(50)36(55)48-30(35(54)47-28)21-23-12-15-27(51)16-13-23/h1-2,6-7,11-16,20,28-32,51H,3-5,8-10,17-19,21-22H2,(H,46,52)(H,47,54)(H,48,55)(H,49,53)(H4,40,41,44)(H4,42,43,45)/t28-,29-,30+,31-,32-/m0/s1. The lowest BCUT2D eigenvalue weighted by Gasteiger charge is -2.30. The molecule has 0 saturated carbocycles. The average Bonchev–Trinajstić information content (AvgIpc) is 3.67. The predicted octanol–water partition coefficient (Wildman–Crippen LogP) is -0.618. The molecule has 0 aliphatic carbocycles. The third-order valence-electron chi connectivity index (χ3n) is 9.87. The minimum absolute atomic E-state index is 0.0128. The molecule has 2 fully saturated rings. The fourth-order valence-corrected chi connectivity index (χ4v) is 7.01. The van der Waals surface area contributed by atoms with E-state index in [0.717, 1.165) is 16.3 Å². The van der Waals surface area contributed by atoms with Crippen molar-refractivity contribution in [2.75, 3.05) is 19.6 Å². The molecule has 3 aromatic carbocycles. The second kappa shape index (κ2) is 19.3. The molecule has 0 spiro atoms. The molecule has 17 heteroatoms. The monoisotopic (exact) mass is 769 g/mol. The Morgan fingerprint density at radius 3 is 1.77 bits per heavy atom. The van der Waals surface area contributed by atoms with Crippen molar-refractivity contribution in [1.29, 1.82) is 0 Å². The lowest BCUT2D eigenvalue weighted by molar-refractivity contribution is -0.142. The van der Waals surface area contributed by atoms with Gasteiger partial charge in [-0.1, -0.05) is 54.6 Å². The number of benzene rings is 3. The summed E-state index contributed by atoms with van der Waals surface area (Å²) in [6, 6.07) is 14.2. The summed E-state index contributed by atoms with van der Waals surface area (Å²) in [6.07, 6.45) is 1.73. The number of phenols is 1. The number of nitrogens with two attached hydrogens (primary N) is 4. The summed E-state index contributed by atoms with van der Waals surface area (Å²) < 4.78 is 0. The number of carbonyl (C=O) groups is 5. The van der Waals surface area contributed by atoms with Gasteiger partial charge in [0, 0.05) is 32.5 Å². The normalized spacial score (nSPS) is 22.1. The highest BCUT2D eigenvalue weighted by Gasteiger charge is 2.40. The molecule has 17 nitrogen and oxygen atoms in total. The topological polar surface area (TPSA) is 286 Å². The van der Waals surface area contributed by atoms with E-state index >= 15 is 0 Å². The van der Waals surface area contributed by atoms with Crippen molar-refractivity contribution in [3.8, 4) is 5.75 Å². The number of rotatable bonds is 12.